The summed E-state index contributed by atoms with van der Waals surface area (Å²) in [4.78, 5) is 11.0. The lowest BCUT2D eigenvalue weighted by molar-refractivity contribution is 0.112. The lowest BCUT2D eigenvalue weighted by atomic mass is 10.3. The van der Waals surface area contributed by atoms with Crippen molar-refractivity contribution < 1.29 is 9.53 Å². The summed E-state index contributed by atoms with van der Waals surface area (Å²) < 4.78 is 9.02. The van der Waals surface area contributed by atoms with E-state index in [1.807, 2.05) is 0 Å². The molecule has 0 atom stereocenters. The number of rotatable bonds is 5. The van der Waals surface area contributed by atoms with E-state index < -0.39 is 0 Å². The first kappa shape index (κ1) is 12.3. The van der Waals surface area contributed by atoms with Crippen molar-refractivity contribution in [2.75, 3.05) is 0 Å². The summed E-state index contributed by atoms with van der Waals surface area (Å²) in [7, 11) is 1.74. The van der Waals surface area contributed by atoms with E-state index in [1.54, 1.807) is 35.7 Å². The van der Waals surface area contributed by atoms with Gasteiger partial charge in [0, 0.05) is 13.6 Å². The van der Waals surface area contributed by atoms with E-state index >= 15 is 0 Å². The zero-order chi connectivity index (χ0) is 13.1. The molecule has 0 amide bonds. The Morgan fingerprint density at radius 2 is 2.28 bits per heavy atom. The Hall–Kier alpha value is -2.11. The highest BCUT2D eigenvalue weighted by molar-refractivity contribution is 5.80. The molecular weight excluding hydrogens is 232 g/mol. The molecule has 6 nitrogen and oxygen atoms in total. The van der Waals surface area contributed by atoms with Crippen LogP contribution < -0.4 is 4.74 Å². The fourth-order valence-electron chi connectivity index (χ4n) is 1.77. The largest absolute Gasteiger partial charge is 0.435 e. The van der Waals surface area contributed by atoms with Gasteiger partial charge in [0.15, 0.2) is 12.0 Å². The smallest absolute Gasteiger partial charge is 0.228 e. The van der Waals surface area contributed by atoms with E-state index in [9.17, 15) is 4.79 Å². The normalized spacial score (nSPS) is 10.6. The van der Waals surface area contributed by atoms with Gasteiger partial charge in [-0.25, -0.2) is 4.68 Å². The first-order chi connectivity index (χ1) is 8.65. The molecule has 0 aromatic carbocycles. The van der Waals surface area contributed by atoms with E-state index in [0.29, 0.717) is 22.9 Å². The molecule has 2 rings (SSSR count). The predicted molar refractivity (Wildman–Crippen MR) is 65.9 cm³/mol. The Kier molecular flexibility index (Phi) is 3.45. The van der Waals surface area contributed by atoms with Gasteiger partial charge < -0.3 is 4.74 Å². The van der Waals surface area contributed by atoms with Gasteiger partial charge in [0.05, 0.1) is 23.7 Å². The summed E-state index contributed by atoms with van der Waals surface area (Å²) in [5.41, 5.74) is 1.13. The van der Waals surface area contributed by atoms with Crippen molar-refractivity contribution in [1.82, 2.24) is 19.6 Å². The van der Waals surface area contributed by atoms with Crippen LogP contribution in [0.25, 0.3) is 0 Å². The molecule has 0 bridgehead atoms. The van der Waals surface area contributed by atoms with Gasteiger partial charge in [-0.2, -0.15) is 10.2 Å². The molecule has 96 valence electrons. The first-order valence-electron chi connectivity index (χ1n) is 5.84. The van der Waals surface area contributed by atoms with Gasteiger partial charge >= 0.3 is 0 Å². The highest BCUT2D eigenvalue weighted by Crippen LogP contribution is 2.25. The van der Waals surface area contributed by atoms with Crippen LogP contribution in [0.5, 0.6) is 11.6 Å². The number of carbonyl (C=O) groups is 1. The molecule has 2 aromatic heterocycles. The Balaban J connectivity index is 2.25. The Morgan fingerprint density at radius 1 is 1.50 bits per heavy atom. The van der Waals surface area contributed by atoms with Gasteiger partial charge in [-0.15, -0.1) is 0 Å². The summed E-state index contributed by atoms with van der Waals surface area (Å²) in [5.74, 6) is 1.05. The minimum atomic E-state index is 0.443. The third-order valence-electron chi connectivity index (χ3n) is 2.61. The van der Waals surface area contributed by atoms with Crippen molar-refractivity contribution in [3.8, 4) is 11.6 Å². The third-order valence-corrected chi connectivity index (χ3v) is 2.61. The molecule has 18 heavy (non-hydrogen) atoms. The molecule has 0 aliphatic carbocycles. The Labute approximate surface area is 105 Å². The lowest BCUT2D eigenvalue weighted by Crippen LogP contribution is -1.97. The lowest BCUT2D eigenvalue weighted by Gasteiger charge is -2.03. The number of aldehydes is 1. The molecule has 0 N–H and O–H groups in total. The second-order valence-corrected chi connectivity index (χ2v) is 4.09. The number of hydrogen-bond acceptors (Lipinski definition) is 4. The molecule has 0 spiro atoms. The number of ether oxygens (including phenoxy) is 1. The van der Waals surface area contributed by atoms with Crippen LogP contribution in [0.4, 0.5) is 0 Å². The maximum absolute atomic E-state index is 11.0. The fraction of sp³-hybridized carbons (Fsp3) is 0.417. The number of aromatic nitrogens is 4. The Bertz CT molecular complexity index is 556. The van der Waals surface area contributed by atoms with Crippen LogP contribution in [0.15, 0.2) is 12.4 Å². The topological polar surface area (TPSA) is 61.9 Å². The third kappa shape index (κ3) is 2.27. The zero-order valence-electron chi connectivity index (χ0n) is 10.8. The van der Waals surface area contributed by atoms with Crippen LogP contribution in [0.1, 0.15) is 29.4 Å². The van der Waals surface area contributed by atoms with Crippen molar-refractivity contribution >= 4 is 6.29 Å². The van der Waals surface area contributed by atoms with Gasteiger partial charge in [0.25, 0.3) is 0 Å². The molecule has 6 heteroatoms. The fourth-order valence-corrected chi connectivity index (χ4v) is 1.77. The zero-order valence-corrected chi connectivity index (χ0v) is 10.8. The molecule has 0 saturated heterocycles. The SMILES string of the molecule is CCCn1cc(Oc2c(C=O)c(C)nn2C)cn1. The summed E-state index contributed by atoms with van der Waals surface area (Å²) in [5, 5.41) is 8.32. The van der Waals surface area contributed by atoms with Crippen LogP contribution >= 0.6 is 0 Å². The van der Waals surface area contributed by atoms with Crippen molar-refractivity contribution in [2.45, 2.75) is 26.8 Å². The van der Waals surface area contributed by atoms with Gasteiger partial charge in [0.1, 0.15) is 0 Å². The summed E-state index contributed by atoms with van der Waals surface area (Å²) >= 11 is 0. The van der Waals surface area contributed by atoms with Crippen LogP contribution in [-0.2, 0) is 13.6 Å². The van der Waals surface area contributed by atoms with E-state index in [2.05, 4.69) is 17.1 Å². The summed E-state index contributed by atoms with van der Waals surface area (Å²) in [6, 6.07) is 0. The van der Waals surface area contributed by atoms with Gasteiger partial charge in [-0.3, -0.25) is 9.48 Å². The highest BCUT2D eigenvalue weighted by Gasteiger charge is 2.15. The molecule has 2 aromatic rings. The molecule has 0 aliphatic heterocycles. The monoisotopic (exact) mass is 248 g/mol. The number of nitrogens with zero attached hydrogens (tertiary/aromatic N) is 4. The van der Waals surface area contributed by atoms with E-state index in [1.165, 1.54) is 0 Å². The van der Waals surface area contributed by atoms with Gasteiger partial charge in [0.2, 0.25) is 5.88 Å². The quantitative estimate of drug-likeness (QED) is 0.759. The minimum Gasteiger partial charge on any atom is -0.435 e. The molecule has 2 heterocycles. The average molecular weight is 248 g/mol. The van der Waals surface area contributed by atoms with E-state index in [4.69, 9.17) is 4.74 Å². The van der Waals surface area contributed by atoms with E-state index in [-0.39, 0.29) is 0 Å². The van der Waals surface area contributed by atoms with Crippen molar-refractivity contribution in [1.29, 1.82) is 0 Å². The Morgan fingerprint density at radius 3 is 2.94 bits per heavy atom. The number of carbonyl (C=O) groups excluding carboxylic acids is 1. The van der Waals surface area contributed by atoms with Crippen LogP contribution in [0.2, 0.25) is 0 Å². The van der Waals surface area contributed by atoms with Crippen LogP contribution in [0, 0.1) is 6.92 Å². The summed E-state index contributed by atoms with van der Waals surface area (Å²) in [6.07, 6.45) is 5.20. The minimum absolute atomic E-state index is 0.443. The second kappa shape index (κ2) is 5.03. The maximum atomic E-state index is 11.0. The molecule has 0 unspecified atom stereocenters. The van der Waals surface area contributed by atoms with Crippen LogP contribution in [-0.4, -0.2) is 25.8 Å². The summed E-state index contributed by atoms with van der Waals surface area (Å²) in [6.45, 7) is 4.70. The van der Waals surface area contributed by atoms with Crippen molar-refractivity contribution in [3.05, 3.63) is 23.7 Å². The molecule has 0 saturated carbocycles. The first-order valence-corrected chi connectivity index (χ1v) is 5.84. The van der Waals surface area contributed by atoms with Crippen molar-refractivity contribution in [2.24, 2.45) is 7.05 Å². The molecule has 0 fully saturated rings. The number of aryl methyl sites for hydroxylation is 3. The molecule has 0 aliphatic rings. The van der Waals surface area contributed by atoms with Gasteiger partial charge in [-0.05, 0) is 13.3 Å². The maximum Gasteiger partial charge on any atom is 0.228 e. The molecular formula is C12H16N4O2. The average Bonchev–Trinajstić information content (AvgIpc) is 2.86. The van der Waals surface area contributed by atoms with Crippen molar-refractivity contribution in [3.63, 3.8) is 0 Å². The predicted octanol–water partition coefficient (Wildman–Crippen LogP) is 1.94. The standard InChI is InChI=1S/C12H16N4O2/c1-4-5-16-7-10(6-13-16)18-12-11(8-17)9(2)14-15(12)3/h6-8H,4-5H2,1-3H3. The van der Waals surface area contributed by atoms with Crippen LogP contribution in [0.3, 0.4) is 0 Å². The molecule has 0 radical (unpaired) electrons. The highest BCUT2D eigenvalue weighted by atomic mass is 16.5. The number of hydrogen-bond donors (Lipinski definition) is 0. The van der Waals surface area contributed by atoms with E-state index in [0.717, 1.165) is 19.3 Å². The second-order valence-electron chi connectivity index (χ2n) is 4.09. The van der Waals surface area contributed by atoms with Gasteiger partial charge in [-0.1, -0.05) is 6.92 Å².